The Labute approximate surface area is 176 Å². The van der Waals surface area contributed by atoms with Crippen LogP contribution in [0.25, 0.3) is 0 Å². The lowest BCUT2D eigenvalue weighted by Crippen LogP contribution is -2.26. The van der Waals surface area contributed by atoms with Gasteiger partial charge < -0.3 is 4.74 Å². The summed E-state index contributed by atoms with van der Waals surface area (Å²) in [6, 6.07) is 8.42. The van der Waals surface area contributed by atoms with Gasteiger partial charge in [0.05, 0.1) is 11.1 Å². The quantitative estimate of drug-likeness (QED) is 0.397. The number of nitrogens with one attached hydrogen (secondary N) is 1. The number of rotatable bonds is 8. The number of amides is 1. The highest BCUT2D eigenvalue weighted by Gasteiger charge is 2.29. The van der Waals surface area contributed by atoms with Gasteiger partial charge in [0.1, 0.15) is 0 Å². The van der Waals surface area contributed by atoms with Crippen molar-refractivity contribution in [3.8, 4) is 5.75 Å². The average Bonchev–Trinajstić information content (AvgIpc) is 2.65. The molecule has 0 unspecified atom stereocenters. The number of pyridine rings is 1. The fraction of sp³-hybridized carbons (Fsp3) is 0.409. The van der Waals surface area contributed by atoms with Gasteiger partial charge in [0.25, 0.3) is 5.91 Å². The van der Waals surface area contributed by atoms with Crippen LogP contribution in [0, 0.1) is 15.5 Å². The van der Waals surface area contributed by atoms with Gasteiger partial charge in [-0.05, 0) is 34.9 Å². The van der Waals surface area contributed by atoms with Crippen molar-refractivity contribution in [3.05, 3.63) is 64.0 Å². The fourth-order valence-electron chi connectivity index (χ4n) is 3.44. The number of hydrogen-bond acceptors (Lipinski definition) is 6. The van der Waals surface area contributed by atoms with Crippen molar-refractivity contribution >= 4 is 17.8 Å². The maximum Gasteiger partial charge on any atom is 0.311 e. The number of ether oxygens (including phenoxy) is 1. The molecule has 0 saturated carbocycles. The standard InChI is InChI=1S/C22H28N4O4/c1-21(2,3)15-22(4,5)17-8-9-19(18(11-17)26(28)29)30-14-20(27)25-24-13-16-7-6-10-23-12-16/h6-13H,14-15H2,1-5H3,(H,25,27). The van der Waals surface area contributed by atoms with Gasteiger partial charge in [-0.1, -0.05) is 46.8 Å². The smallest absolute Gasteiger partial charge is 0.311 e. The molecule has 0 radical (unpaired) electrons. The maximum absolute atomic E-state index is 11.9. The first kappa shape index (κ1) is 23.0. The van der Waals surface area contributed by atoms with E-state index in [9.17, 15) is 14.9 Å². The zero-order valence-electron chi connectivity index (χ0n) is 18.0. The highest BCUT2D eigenvalue weighted by molar-refractivity contribution is 5.82. The van der Waals surface area contributed by atoms with Crippen LogP contribution >= 0.6 is 0 Å². The van der Waals surface area contributed by atoms with E-state index in [4.69, 9.17) is 4.74 Å². The van der Waals surface area contributed by atoms with E-state index in [-0.39, 0.29) is 22.3 Å². The Morgan fingerprint density at radius 1 is 1.27 bits per heavy atom. The van der Waals surface area contributed by atoms with E-state index in [1.165, 1.54) is 12.3 Å². The van der Waals surface area contributed by atoms with Crippen LogP contribution in [0.4, 0.5) is 5.69 Å². The summed E-state index contributed by atoms with van der Waals surface area (Å²) in [6.07, 6.45) is 5.53. The van der Waals surface area contributed by atoms with Gasteiger partial charge in [-0.25, -0.2) is 5.43 Å². The molecule has 2 rings (SSSR count). The Kier molecular flexibility index (Phi) is 7.26. The highest BCUT2D eigenvalue weighted by atomic mass is 16.6. The maximum atomic E-state index is 11.9. The molecular weight excluding hydrogens is 384 g/mol. The largest absolute Gasteiger partial charge is 0.477 e. The zero-order valence-corrected chi connectivity index (χ0v) is 18.0. The molecule has 0 spiro atoms. The van der Waals surface area contributed by atoms with Gasteiger partial charge in [0, 0.05) is 24.0 Å². The molecule has 1 aromatic heterocycles. The van der Waals surface area contributed by atoms with Crippen molar-refractivity contribution in [2.75, 3.05) is 6.61 Å². The molecule has 0 aliphatic heterocycles. The molecule has 0 saturated heterocycles. The second-order valence-electron chi connectivity index (χ2n) is 8.93. The van der Waals surface area contributed by atoms with Crippen molar-refractivity contribution in [2.45, 2.75) is 46.5 Å². The van der Waals surface area contributed by atoms with E-state index in [0.717, 1.165) is 17.5 Å². The second kappa shape index (κ2) is 9.47. The number of nitro groups is 1. The number of nitrogens with zero attached hydrogens (tertiary/aromatic N) is 3. The third kappa shape index (κ3) is 6.95. The van der Waals surface area contributed by atoms with Crippen molar-refractivity contribution in [1.29, 1.82) is 0 Å². The lowest BCUT2D eigenvalue weighted by Gasteiger charge is -2.33. The van der Waals surface area contributed by atoms with Crippen molar-refractivity contribution in [3.63, 3.8) is 0 Å². The van der Waals surface area contributed by atoms with E-state index >= 15 is 0 Å². The second-order valence-corrected chi connectivity index (χ2v) is 8.93. The Hall–Kier alpha value is -3.29. The minimum Gasteiger partial charge on any atom is -0.477 e. The molecule has 0 atom stereocenters. The predicted molar refractivity (Wildman–Crippen MR) is 116 cm³/mol. The van der Waals surface area contributed by atoms with Gasteiger partial charge in [0.2, 0.25) is 0 Å². The molecule has 1 heterocycles. The summed E-state index contributed by atoms with van der Waals surface area (Å²) in [7, 11) is 0. The minimum absolute atomic E-state index is 0.0432. The van der Waals surface area contributed by atoms with Gasteiger partial charge in [-0.3, -0.25) is 19.9 Å². The lowest BCUT2D eigenvalue weighted by molar-refractivity contribution is -0.385. The molecule has 0 bridgehead atoms. The molecule has 1 amide bonds. The first-order valence-electron chi connectivity index (χ1n) is 9.62. The summed E-state index contributed by atoms with van der Waals surface area (Å²) in [4.78, 5) is 26.9. The van der Waals surface area contributed by atoms with Crippen LogP contribution in [0.3, 0.4) is 0 Å². The van der Waals surface area contributed by atoms with E-state index in [0.29, 0.717) is 0 Å². The Morgan fingerprint density at radius 2 is 2.00 bits per heavy atom. The third-order valence-electron chi connectivity index (χ3n) is 4.36. The summed E-state index contributed by atoms with van der Waals surface area (Å²) in [6.45, 7) is 10.1. The van der Waals surface area contributed by atoms with Crippen LogP contribution in [-0.2, 0) is 10.2 Å². The van der Waals surface area contributed by atoms with E-state index in [1.807, 2.05) is 6.07 Å². The number of carbonyl (C=O) groups is 1. The molecule has 8 nitrogen and oxygen atoms in total. The van der Waals surface area contributed by atoms with Gasteiger partial charge in [0.15, 0.2) is 12.4 Å². The Morgan fingerprint density at radius 3 is 2.60 bits per heavy atom. The Balaban J connectivity index is 2.06. The summed E-state index contributed by atoms with van der Waals surface area (Å²) in [5, 5.41) is 15.4. The van der Waals surface area contributed by atoms with E-state index in [1.54, 1.807) is 30.6 Å². The summed E-state index contributed by atoms with van der Waals surface area (Å²) < 4.78 is 5.39. The Bertz CT molecular complexity index is 918. The molecule has 2 aromatic rings. The molecule has 0 fully saturated rings. The SMILES string of the molecule is CC(C)(C)CC(C)(C)c1ccc(OCC(=O)NN=Cc2cccnc2)c([N+](=O)[O-])c1. The lowest BCUT2D eigenvalue weighted by atomic mass is 9.72. The van der Waals surface area contributed by atoms with Crippen LogP contribution in [0.15, 0.2) is 47.8 Å². The predicted octanol–water partition coefficient (Wildman–Crippen LogP) is 4.23. The number of hydrazone groups is 1. The molecule has 30 heavy (non-hydrogen) atoms. The molecule has 8 heteroatoms. The third-order valence-corrected chi connectivity index (χ3v) is 4.36. The normalized spacial score (nSPS) is 12.0. The first-order valence-corrected chi connectivity index (χ1v) is 9.62. The average molecular weight is 412 g/mol. The molecule has 0 aliphatic carbocycles. The number of aromatic nitrogens is 1. The number of carbonyl (C=O) groups excluding carboxylic acids is 1. The van der Waals surface area contributed by atoms with Crippen LogP contribution in [0.1, 0.15) is 52.2 Å². The minimum atomic E-state index is -0.526. The number of nitro benzene ring substituents is 1. The van der Waals surface area contributed by atoms with E-state index in [2.05, 4.69) is 50.1 Å². The highest BCUT2D eigenvalue weighted by Crippen LogP contribution is 2.39. The van der Waals surface area contributed by atoms with Crippen molar-refractivity contribution in [1.82, 2.24) is 10.4 Å². The molecule has 1 N–H and O–H groups in total. The van der Waals surface area contributed by atoms with Gasteiger partial charge >= 0.3 is 5.69 Å². The topological polar surface area (TPSA) is 107 Å². The van der Waals surface area contributed by atoms with Crippen LogP contribution in [-0.4, -0.2) is 28.6 Å². The monoisotopic (exact) mass is 412 g/mol. The van der Waals surface area contributed by atoms with Gasteiger partial charge in [-0.2, -0.15) is 5.10 Å². The van der Waals surface area contributed by atoms with Crippen molar-refractivity contribution in [2.24, 2.45) is 10.5 Å². The number of hydrogen-bond donors (Lipinski definition) is 1. The number of benzene rings is 1. The summed E-state index contributed by atoms with van der Waals surface area (Å²) in [5.41, 5.74) is 3.55. The molecule has 1 aromatic carbocycles. The van der Waals surface area contributed by atoms with Crippen LogP contribution in [0.2, 0.25) is 0 Å². The van der Waals surface area contributed by atoms with Crippen molar-refractivity contribution < 1.29 is 14.5 Å². The van der Waals surface area contributed by atoms with Crippen LogP contribution in [0.5, 0.6) is 5.75 Å². The van der Waals surface area contributed by atoms with Crippen LogP contribution < -0.4 is 10.2 Å². The summed E-state index contributed by atoms with van der Waals surface area (Å²) >= 11 is 0. The molecule has 160 valence electrons. The van der Waals surface area contributed by atoms with Gasteiger partial charge in [-0.15, -0.1) is 0 Å². The van der Waals surface area contributed by atoms with E-state index < -0.39 is 17.4 Å². The first-order chi connectivity index (χ1) is 14.0. The summed E-state index contributed by atoms with van der Waals surface area (Å²) in [5.74, 6) is -0.483. The fourth-order valence-corrected chi connectivity index (χ4v) is 3.44. The molecular formula is C22H28N4O4. The zero-order chi connectivity index (χ0) is 22.4. The molecule has 0 aliphatic rings.